The van der Waals surface area contributed by atoms with Crippen LogP contribution in [-0.4, -0.2) is 19.2 Å². The minimum Gasteiger partial charge on any atom is -0.463 e. The molecule has 0 bridgehead atoms. The standard InChI is InChI=1S/C12H16N2O/c1-9-4-3-5-10(2)11(9)8-14-12-13-6-7-15-12/h3-5H,6-8H2,1-2H3,(H,13,14). The number of amidine groups is 1. The van der Waals surface area contributed by atoms with E-state index in [2.05, 4.69) is 42.4 Å². The number of rotatable bonds is 2. The Morgan fingerprint density at radius 1 is 1.33 bits per heavy atom. The van der Waals surface area contributed by atoms with Crippen LogP contribution in [0.1, 0.15) is 16.7 Å². The third-order valence-corrected chi connectivity index (χ3v) is 2.65. The molecule has 15 heavy (non-hydrogen) atoms. The predicted octanol–water partition coefficient (Wildman–Crippen LogP) is 1.78. The highest BCUT2D eigenvalue weighted by Crippen LogP contribution is 2.12. The predicted molar refractivity (Wildman–Crippen MR) is 61.0 cm³/mol. The van der Waals surface area contributed by atoms with Crippen molar-refractivity contribution in [3.05, 3.63) is 34.9 Å². The van der Waals surface area contributed by atoms with E-state index in [4.69, 9.17) is 4.74 Å². The lowest BCUT2D eigenvalue weighted by Crippen LogP contribution is -2.23. The Bertz CT molecular complexity index is 365. The SMILES string of the molecule is Cc1cccc(C)c1CNC1=NCCO1. The van der Waals surface area contributed by atoms with Crippen LogP contribution in [0.5, 0.6) is 0 Å². The van der Waals surface area contributed by atoms with Crippen molar-refractivity contribution in [2.24, 2.45) is 4.99 Å². The van der Waals surface area contributed by atoms with E-state index in [1.165, 1.54) is 16.7 Å². The largest absolute Gasteiger partial charge is 0.463 e. The molecule has 1 aliphatic heterocycles. The number of aliphatic imine (C=N–C) groups is 1. The fourth-order valence-corrected chi connectivity index (χ4v) is 1.73. The molecule has 0 aromatic heterocycles. The Labute approximate surface area is 90.2 Å². The fourth-order valence-electron chi connectivity index (χ4n) is 1.73. The Hall–Kier alpha value is -1.51. The van der Waals surface area contributed by atoms with Gasteiger partial charge in [0.05, 0.1) is 6.54 Å². The smallest absolute Gasteiger partial charge is 0.285 e. The van der Waals surface area contributed by atoms with E-state index in [1.807, 2.05) is 0 Å². The number of hydrogen-bond donors (Lipinski definition) is 1. The summed E-state index contributed by atoms with van der Waals surface area (Å²) < 4.78 is 5.29. The first-order valence-electron chi connectivity index (χ1n) is 5.23. The molecule has 0 saturated carbocycles. The molecular weight excluding hydrogens is 188 g/mol. The molecule has 1 heterocycles. The summed E-state index contributed by atoms with van der Waals surface area (Å²) in [6.07, 6.45) is 0. The maximum Gasteiger partial charge on any atom is 0.285 e. The lowest BCUT2D eigenvalue weighted by Gasteiger charge is -2.11. The summed E-state index contributed by atoms with van der Waals surface area (Å²) >= 11 is 0. The Balaban J connectivity index is 2.04. The summed E-state index contributed by atoms with van der Waals surface area (Å²) in [4.78, 5) is 4.19. The van der Waals surface area contributed by atoms with Crippen molar-refractivity contribution in [1.29, 1.82) is 0 Å². The number of ether oxygens (including phenoxy) is 1. The maximum absolute atomic E-state index is 5.29. The van der Waals surface area contributed by atoms with Crippen LogP contribution in [0, 0.1) is 13.8 Å². The molecule has 80 valence electrons. The molecule has 0 radical (unpaired) electrons. The Kier molecular flexibility index (Phi) is 2.90. The first kappa shape index (κ1) is 10.0. The van der Waals surface area contributed by atoms with E-state index in [1.54, 1.807) is 0 Å². The fraction of sp³-hybridized carbons (Fsp3) is 0.417. The number of aryl methyl sites for hydroxylation is 2. The molecule has 0 aliphatic carbocycles. The summed E-state index contributed by atoms with van der Waals surface area (Å²) in [7, 11) is 0. The van der Waals surface area contributed by atoms with E-state index in [0.717, 1.165) is 13.1 Å². The molecule has 1 aromatic rings. The summed E-state index contributed by atoms with van der Waals surface area (Å²) in [5, 5.41) is 3.21. The van der Waals surface area contributed by atoms with Crippen molar-refractivity contribution in [1.82, 2.24) is 5.32 Å². The zero-order chi connectivity index (χ0) is 10.7. The van der Waals surface area contributed by atoms with E-state index in [9.17, 15) is 0 Å². The minimum atomic E-state index is 0.678. The molecule has 1 aromatic carbocycles. The van der Waals surface area contributed by atoms with Crippen LogP contribution in [0.25, 0.3) is 0 Å². The lowest BCUT2D eigenvalue weighted by atomic mass is 10.0. The zero-order valence-corrected chi connectivity index (χ0v) is 9.21. The summed E-state index contributed by atoms with van der Waals surface area (Å²) in [5.41, 5.74) is 3.94. The van der Waals surface area contributed by atoms with Crippen molar-refractivity contribution in [3.63, 3.8) is 0 Å². The van der Waals surface area contributed by atoms with Crippen LogP contribution in [0.3, 0.4) is 0 Å². The van der Waals surface area contributed by atoms with E-state index in [0.29, 0.717) is 12.6 Å². The lowest BCUT2D eigenvalue weighted by molar-refractivity contribution is 0.331. The van der Waals surface area contributed by atoms with Crippen LogP contribution in [0.15, 0.2) is 23.2 Å². The molecule has 0 fully saturated rings. The van der Waals surface area contributed by atoms with Gasteiger partial charge in [-0.05, 0) is 30.5 Å². The van der Waals surface area contributed by atoms with Crippen LogP contribution in [0.2, 0.25) is 0 Å². The molecule has 0 unspecified atom stereocenters. The van der Waals surface area contributed by atoms with Gasteiger partial charge >= 0.3 is 0 Å². The van der Waals surface area contributed by atoms with Crippen molar-refractivity contribution in [3.8, 4) is 0 Å². The van der Waals surface area contributed by atoms with Crippen molar-refractivity contribution in [2.45, 2.75) is 20.4 Å². The first-order chi connectivity index (χ1) is 7.27. The van der Waals surface area contributed by atoms with E-state index >= 15 is 0 Å². The number of nitrogens with one attached hydrogen (secondary N) is 1. The van der Waals surface area contributed by atoms with Gasteiger partial charge in [-0.25, -0.2) is 4.99 Å². The molecule has 1 N–H and O–H groups in total. The van der Waals surface area contributed by atoms with E-state index < -0.39 is 0 Å². The molecule has 3 nitrogen and oxygen atoms in total. The van der Waals surface area contributed by atoms with Crippen molar-refractivity contribution in [2.75, 3.05) is 13.2 Å². The van der Waals surface area contributed by atoms with Gasteiger partial charge in [-0.15, -0.1) is 0 Å². The second-order valence-corrected chi connectivity index (χ2v) is 3.76. The van der Waals surface area contributed by atoms with Gasteiger partial charge in [-0.1, -0.05) is 18.2 Å². The molecule has 0 amide bonds. The average Bonchev–Trinajstić information content (AvgIpc) is 2.70. The topological polar surface area (TPSA) is 33.6 Å². The summed E-state index contributed by atoms with van der Waals surface area (Å²) in [5.74, 6) is 0. The third kappa shape index (κ3) is 2.29. The Morgan fingerprint density at radius 3 is 2.67 bits per heavy atom. The minimum absolute atomic E-state index is 0.678. The second-order valence-electron chi connectivity index (χ2n) is 3.76. The van der Waals surface area contributed by atoms with Gasteiger partial charge in [0, 0.05) is 6.54 Å². The van der Waals surface area contributed by atoms with Crippen LogP contribution in [0.4, 0.5) is 0 Å². The first-order valence-corrected chi connectivity index (χ1v) is 5.23. The van der Waals surface area contributed by atoms with Gasteiger partial charge in [0.15, 0.2) is 0 Å². The van der Waals surface area contributed by atoms with Crippen molar-refractivity contribution < 1.29 is 4.74 Å². The summed E-state index contributed by atoms with van der Waals surface area (Å²) in [6.45, 7) is 6.52. The molecule has 1 aliphatic rings. The highest BCUT2D eigenvalue weighted by molar-refractivity contribution is 5.74. The Morgan fingerprint density at radius 2 is 2.07 bits per heavy atom. The molecular formula is C12H16N2O. The van der Waals surface area contributed by atoms with Gasteiger partial charge in [0.2, 0.25) is 0 Å². The van der Waals surface area contributed by atoms with Gasteiger partial charge in [-0.3, -0.25) is 0 Å². The van der Waals surface area contributed by atoms with Gasteiger partial charge in [-0.2, -0.15) is 0 Å². The highest BCUT2D eigenvalue weighted by Gasteiger charge is 2.07. The van der Waals surface area contributed by atoms with E-state index in [-0.39, 0.29) is 0 Å². The number of nitrogens with zero attached hydrogens (tertiary/aromatic N) is 1. The number of benzene rings is 1. The van der Waals surface area contributed by atoms with Crippen molar-refractivity contribution >= 4 is 6.02 Å². The third-order valence-electron chi connectivity index (χ3n) is 2.65. The van der Waals surface area contributed by atoms with Gasteiger partial charge in [0.1, 0.15) is 6.61 Å². The van der Waals surface area contributed by atoms with Crippen LogP contribution >= 0.6 is 0 Å². The maximum atomic E-state index is 5.29. The normalized spacial score (nSPS) is 14.7. The molecule has 2 rings (SSSR count). The second kappa shape index (κ2) is 4.34. The average molecular weight is 204 g/mol. The molecule has 0 spiro atoms. The molecule has 0 saturated heterocycles. The highest BCUT2D eigenvalue weighted by atomic mass is 16.5. The van der Waals surface area contributed by atoms with Crippen LogP contribution in [-0.2, 0) is 11.3 Å². The van der Waals surface area contributed by atoms with Gasteiger partial charge < -0.3 is 10.1 Å². The zero-order valence-electron chi connectivity index (χ0n) is 9.21. The number of hydrogen-bond acceptors (Lipinski definition) is 3. The summed E-state index contributed by atoms with van der Waals surface area (Å²) in [6, 6.07) is 7.01. The van der Waals surface area contributed by atoms with Crippen LogP contribution < -0.4 is 5.32 Å². The quantitative estimate of drug-likeness (QED) is 0.796. The monoisotopic (exact) mass is 204 g/mol. The molecule has 3 heteroatoms. The van der Waals surface area contributed by atoms with Gasteiger partial charge in [0.25, 0.3) is 6.02 Å². The molecule has 0 atom stereocenters.